The predicted octanol–water partition coefficient (Wildman–Crippen LogP) is 2.71. The van der Waals surface area contributed by atoms with Crippen LogP contribution in [0.2, 0.25) is 0 Å². The van der Waals surface area contributed by atoms with Crippen molar-refractivity contribution in [1.29, 1.82) is 0 Å². The van der Waals surface area contributed by atoms with Crippen molar-refractivity contribution in [3.05, 3.63) is 16.1 Å². The smallest absolute Gasteiger partial charge is 0.303 e. The Morgan fingerprint density at radius 1 is 1.40 bits per heavy atom. The molecule has 0 aliphatic rings. The number of carbonyl (C=O) groups is 2. The van der Waals surface area contributed by atoms with Crippen molar-refractivity contribution in [3.8, 4) is 0 Å². The minimum Gasteiger partial charge on any atom is -0.481 e. The van der Waals surface area contributed by atoms with E-state index in [1.165, 1.54) is 11.3 Å². The average Bonchev–Trinajstić information content (AvgIpc) is 2.79. The number of nitrogens with one attached hydrogen (secondary N) is 1. The second kappa shape index (κ2) is 7.99. The summed E-state index contributed by atoms with van der Waals surface area (Å²) in [4.78, 5) is 27.1. The lowest BCUT2D eigenvalue weighted by molar-refractivity contribution is -0.137. The molecule has 0 aliphatic heterocycles. The van der Waals surface area contributed by atoms with E-state index < -0.39 is 5.97 Å². The average molecular weight is 298 g/mol. The number of thiazole rings is 1. The SMILES string of the molecule is Cc1ncc(C(=O)NCCC(CCC(=O)O)C(C)C)s1. The Morgan fingerprint density at radius 3 is 2.60 bits per heavy atom. The van der Waals surface area contributed by atoms with Gasteiger partial charge in [-0.05, 0) is 31.6 Å². The van der Waals surface area contributed by atoms with Gasteiger partial charge >= 0.3 is 5.97 Å². The van der Waals surface area contributed by atoms with Crippen LogP contribution < -0.4 is 5.32 Å². The fourth-order valence-corrected chi connectivity index (χ4v) is 2.74. The van der Waals surface area contributed by atoms with Crippen LogP contribution in [0.4, 0.5) is 0 Å². The molecule has 1 heterocycles. The van der Waals surface area contributed by atoms with E-state index in [2.05, 4.69) is 24.1 Å². The van der Waals surface area contributed by atoms with Crippen LogP contribution in [0.15, 0.2) is 6.20 Å². The van der Waals surface area contributed by atoms with Crippen LogP contribution >= 0.6 is 11.3 Å². The number of aryl methyl sites for hydroxylation is 1. The van der Waals surface area contributed by atoms with Gasteiger partial charge in [-0.2, -0.15) is 0 Å². The van der Waals surface area contributed by atoms with Crippen LogP contribution in [0.5, 0.6) is 0 Å². The third-order valence-corrected chi connectivity index (χ3v) is 4.23. The van der Waals surface area contributed by atoms with Crippen LogP contribution in [-0.2, 0) is 4.79 Å². The Balaban J connectivity index is 2.36. The van der Waals surface area contributed by atoms with E-state index in [4.69, 9.17) is 5.11 Å². The van der Waals surface area contributed by atoms with E-state index in [1.807, 2.05) is 6.92 Å². The predicted molar refractivity (Wildman–Crippen MR) is 79.0 cm³/mol. The summed E-state index contributed by atoms with van der Waals surface area (Å²) < 4.78 is 0. The molecule has 20 heavy (non-hydrogen) atoms. The van der Waals surface area contributed by atoms with Gasteiger partial charge in [0.05, 0.1) is 11.2 Å². The van der Waals surface area contributed by atoms with Crippen molar-refractivity contribution >= 4 is 23.2 Å². The summed E-state index contributed by atoms with van der Waals surface area (Å²) >= 11 is 1.37. The fourth-order valence-electron chi connectivity index (χ4n) is 2.04. The maximum Gasteiger partial charge on any atom is 0.303 e. The van der Waals surface area contributed by atoms with Gasteiger partial charge in [0.2, 0.25) is 0 Å². The van der Waals surface area contributed by atoms with Crippen LogP contribution in [0, 0.1) is 18.8 Å². The Hall–Kier alpha value is -1.43. The molecule has 1 unspecified atom stereocenters. The molecule has 1 amide bonds. The zero-order chi connectivity index (χ0) is 15.1. The normalized spacial score (nSPS) is 12.4. The highest BCUT2D eigenvalue weighted by Gasteiger charge is 2.16. The van der Waals surface area contributed by atoms with Gasteiger partial charge in [-0.25, -0.2) is 4.98 Å². The van der Waals surface area contributed by atoms with E-state index in [0.717, 1.165) is 11.4 Å². The van der Waals surface area contributed by atoms with Gasteiger partial charge in [0, 0.05) is 13.0 Å². The van der Waals surface area contributed by atoms with Crippen molar-refractivity contribution < 1.29 is 14.7 Å². The number of carboxylic acid groups (broad SMARTS) is 1. The molecular weight excluding hydrogens is 276 g/mol. The lowest BCUT2D eigenvalue weighted by Gasteiger charge is -2.20. The molecule has 112 valence electrons. The standard InChI is InChI=1S/C14H22N2O3S/c1-9(2)11(4-5-13(17)18)6-7-15-14(19)12-8-16-10(3)20-12/h8-9,11H,4-7H2,1-3H3,(H,15,19)(H,17,18). The molecule has 0 saturated heterocycles. The number of nitrogens with zero attached hydrogens (tertiary/aromatic N) is 1. The highest BCUT2D eigenvalue weighted by Crippen LogP contribution is 2.20. The molecule has 2 N–H and O–H groups in total. The van der Waals surface area contributed by atoms with Gasteiger partial charge in [-0.1, -0.05) is 13.8 Å². The second-order valence-electron chi connectivity index (χ2n) is 5.22. The summed E-state index contributed by atoms with van der Waals surface area (Å²) in [6.45, 7) is 6.60. The van der Waals surface area contributed by atoms with Crippen LogP contribution in [0.1, 0.15) is 47.8 Å². The fraction of sp³-hybridized carbons (Fsp3) is 0.643. The summed E-state index contributed by atoms with van der Waals surface area (Å²) in [7, 11) is 0. The first-order valence-electron chi connectivity index (χ1n) is 6.82. The molecule has 0 spiro atoms. The first kappa shape index (κ1) is 16.6. The largest absolute Gasteiger partial charge is 0.481 e. The Kier molecular flexibility index (Phi) is 6.64. The number of aliphatic carboxylic acids is 1. The van der Waals surface area contributed by atoms with Crippen molar-refractivity contribution in [1.82, 2.24) is 10.3 Å². The van der Waals surface area contributed by atoms with Gasteiger partial charge in [-0.15, -0.1) is 11.3 Å². The molecule has 0 aromatic carbocycles. The molecule has 6 heteroatoms. The van der Waals surface area contributed by atoms with E-state index in [0.29, 0.717) is 29.7 Å². The molecule has 1 aromatic rings. The van der Waals surface area contributed by atoms with Gasteiger partial charge in [-0.3, -0.25) is 9.59 Å². The molecule has 0 radical (unpaired) electrons. The van der Waals surface area contributed by atoms with E-state index in [9.17, 15) is 9.59 Å². The summed E-state index contributed by atoms with van der Waals surface area (Å²) in [6, 6.07) is 0. The Morgan fingerprint density at radius 2 is 2.10 bits per heavy atom. The summed E-state index contributed by atoms with van der Waals surface area (Å²) in [5.74, 6) is -0.136. The molecule has 0 aliphatic carbocycles. The van der Waals surface area contributed by atoms with E-state index in [1.54, 1.807) is 6.20 Å². The number of rotatable bonds is 8. The van der Waals surface area contributed by atoms with E-state index >= 15 is 0 Å². The third-order valence-electron chi connectivity index (χ3n) is 3.32. The van der Waals surface area contributed by atoms with Gasteiger partial charge in [0.15, 0.2) is 0 Å². The number of hydrogen-bond acceptors (Lipinski definition) is 4. The molecular formula is C14H22N2O3S. The first-order valence-corrected chi connectivity index (χ1v) is 7.64. The number of carbonyl (C=O) groups excluding carboxylic acids is 1. The lowest BCUT2D eigenvalue weighted by atomic mass is 9.88. The summed E-state index contributed by atoms with van der Waals surface area (Å²) in [5.41, 5.74) is 0. The number of amides is 1. The molecule has 1 atom stereocenters. The highest BCUT2D eigenvalue weighted by atomic mass is 32.1. The second-order valence-corrected chi connectivity index (χ2v) is 6.46. The first-order chi connectivity index (χ1) is 9.40. The maximum absolute atomic E-state index is 11.8. The number of aromatic nitrogens is 1. The Bertz CT molecular complexity index is 457. The number of hydrogen-bond donors (Lipinski definition) is 2. The molecule has 0 fully saturated rings. The van der Waals surface area contributed by atoms with Crippen molar-refractivity contribution in [3.63, 3.8) is 0 Å². The molecule has 0 bridgehead atoms. The summed E-state index contributed by atoms with van der Waals surface area (Å²) in [6.07, 6.45) is 3.22. The lowest BCUT2D eigenvalue weighted by Crippen LogP contribution is -2.26. The van der Waals surface area contributed by atoms with Crippen LogP contribution in [0.25, 0.3) is 0 Å². The molecule has 1 rings (SSSR count). The zero-order valence-electron chi connectivity index (χ0n) is 12.2. The van der Waals surface area contributed by atoms with Crippen molar-refractivity contribution in [2.24, 2.45) is 11.8 Å². The third kappa shape index (κ3) is 5.69. The monoisotopic (exact) mass is 298 g/mol. The Labute approximate surface area is 123 Å². The molecule has 0 saturated carbocycles. The van der Waals surface area contributed by atoms with Gasteiger partial charge < -0.3 is 10.4 Å². The van der Waals surface area contributed by atoms with Crippen molar-refractivity contribution in [2.75, 3.05) is 6.54 Å². The van der Waals surface area contributed by atoms with Gasteiger partial charge in [0.25, 0.3) is 5.91 Å². The minimum atomic E-state index is -0.764. The maximum atomic E-state index is 11.8. The zero-order valence-corrected chi connectivity index (χ0v) is 13.0. The number of carboxylic acids is 1. The quantitative estimate of drug-likeness (QED) is 0.773. The topological polar surface area (TPSA) is 79.3 Å². The molecule has 1 aromatic heterocycles. The summed E-state index contributed by atoms with van der Waals surface area (Å²) in [5, 5.41) is 12.5. The van der Waals surface area contributed by atoms with Crippen LogP contribution in [0.3, 0.4) is 0 Å². The highest BCUT2D eigenvalue weighted by molar-refractivity contribution is 7.13. The molecule has 5 nitrogen and oxygen atoms in total. The van der Waals surface area contributed by atoms with Crippen molar-refractivity contribution in [2.45, 2.75) is 40.0 Å². The van der Waals surface area contributed by atoms with Gasteiger partial charge in [0.1, 0.15) is 4.88 Å². The van der Waals surface area contributed by atoms with Crippen LogP contribution in [-0.4, -0.2) is 28.5 Å². The van der Waals surface area contributed by atoms with E-state index in [-0.39, 0.29) is 12.3 Å². The minimum absolute atomic E-state index is 0.101.